The molecule has 2 amide bonds. The number of fused-ring (bicyclic) bond motifs is 1. The van der Waals surface area contributed by atoms with Crippen LogP contribution in [-0.4, -0.2) is 58.0 Å². The number of carbonyl (C=O) groups excluding carboxylic acids is 2. The van der Waals surface area contributed by atoms with Crippen LogP contribution in [0.3, 0.4) is 0 Å². The van der Waals surface area contributed by atoms with Crippen molar-refractivity contribution in [2.75, 3.05) is 20.8 Å². The Labute approximate surface area is 232 Å². The minimum Gasteiger partial charge on any atom is -0.493 e. The zero-order valence-corrected chi connectivity index (χ0v) is 23.8. The molecule has 4 aromatic rings. The second kappa shape index (κ2) is 12.3. The molecule has 0 aliphatic carbocycles. The molecule has 0 radical (unpaired) electrons. The summed E-state index contributed by atoms with van der Waals surface area (Å²) in [6.07, 6.45) is 1.26. The van der Waals surface area contributed by atoms with Crippen molar-refractivity contribution in [3.8, 4) is 11.5 Å². The molecule has 39 heavy (non-hydrogen) atoms. The number of rotatable bonds is 12. The monoisotopic (exact) mass is 549 g/mol. The number of aromatic nitrogens is 3. The van der Waals surface area contributed by atoms with Crippen LogP contribution in [0.2, 0.25) is 0 Å². The number of benzene rings is 2. The molecular formula is C29H35N5O4S. The van der Waals surface area contributed by atoms with Gasteiger partial charge >= 0.3 is 0 Å². The van der Waals surface area contributed by atoms with Crippen molar-refractivity contribution in [1.29, 1.82) is 0 Å². The maximum atomic E-state index is 14.0. The molecule has 0 spiro atoms. The predicted molar refractivity (Wildman–Crippen MR) is 152 cm³/mol. The number of hydrogen-bond acceptors (Lipinski definition) is 7. The largest absolute Gasteiger partial charge is 0.493 e. The topological polar surface area (TPSA) is 98.6 Å². The average molecular weight is 550 g/mol. The molecule has 1 N–H and O–H groups in total. The quantitative estimate of drug-likeness (QED) is 0.277. The fourth-order valence-corrected chi connectivity index (χ4v) is 5.13. The molecule has 2 aromatic heterocycles. The number of amides is 2. The average Bonchev–Trinajstić information content (AvgIpc) is 3.61. The van der Waals surface area contributed by atoms with Crippen LogP contribution in [-0.2, 0) is 22.6 Å². The lowest BCUT2D eigenvalue weighted by Gasteiger charge is -2.34. The van der Waals surface area contributed by atoms with E-state index in [2.05, 4.69) is 15.6 Å². The third-order valence-electron chi connectivity index (χ3n) is 6.83. The Kier molecular flexibility index (Phi) is 8.86. The standard InChI is InChI=1S/C29H35N5O4S/c1-6-29(2,3)30-28(36)27(25-12-9-17-39-25)33(16-15-20-13-14-23(37-4)24(18-20)38-5)26(35)19-34-22-11-8-7-10-21(22)31-32-34/h7-14,17-18,27H,6,15-16,19H2,1-5H3,(H,30,36). The van der Waals surface area contributed by atoms with Crippen molar-refractivity contribution in [3.05, 3.63) is 70.4 Å². The van der Waals surface area contributed by atoms with Crippen LogP contribution in [0, 0.1) is 0 Å². The highest BCUT2D eigenvalue weighted by atomic mass is 32.1. The van der Waals surface area contributed by atoms with Crippen molar-refractivity contribution in [2.24, 2.45) is 0 Å². The van der Waals surface area contributed by atoms with Crippen molar-refractivity contribution < 1.29 is 19.1 Å². The van der Waals surface area contributed by atoms with Gasteiger partial charge in [-0.3, -0.25) is 9.59 Å². The smallest absolute Gasteiger partial charge is 0.248 e. The number of nitrogens with one attached hydrogen (secondary N) is 1. The van der Waals surface area contributed by atoms with Crippen molar-refractivity contribution in [2.45, 2.75) is 51.7 Å². The molecule has 206 valence electrons. The number of nitrogens with zero attached hydrogens (tertiary/aromatic N) is 4. The Hall–Kier alpha value is -3.92. The molecule has 1 atom stereocenters. The molecular weight excluding hydrogens is 514 g/mol. The lowest BCUT2D eigenvalue weighted by Crippen LogP contribution is -2.51. The maximum absolute atomic E-state index is 14.0. The van der Waals surface area contributed by atoms with Crippen molar-refractivity contribution in [1.82, 2.24) is 25.2 Å². The lowest BCUT2D eigenvalue weighted by molar-refractivity contribution is -0.142. The molecule has 2 aromatic carbocycles. The van der Waals surface area contributed by atoms with Crippen LogP contribution < -0.4 is 14.8 Å². The van der Waals surface area contributed by atoms with Gasteiger partial charge in [-0.15, -0.1) is 16.4 Å². The van der Waals surface area contributed by atoms with Crippen LogP contribution in [0.5, 0.6) is 11.5 Å². The molecule has 4 rings (SSSR count). The maximum Gasteiger partial charge on any atom is 0.248 e. The summed E-state index contributed by atoms with van der Waals surface area (Å²) in [5.74, 6) is 0.798. The Bertz CT molecular complexity index is 1420. The van der Waals surface area contributed by atoms with E-state index < -0.39 is 11.6 Å². The summed E-state index contributed by atoms with van der Waals surface area (Å²) in [6.45, 7) is 6.25. The summed E-state index contributed by atoms with van der Waals surface area (Å²) in [6, 6.07) is 16.2. The van der Waals surface area contributed by atoms with E-state index in [1.54, 1.807) is 23.8 Å². The summed E-state index contributed by atoms with van der Waals surface area (Å²) in [5, 5.41) is 13.5. The zero-order valence-electron chi connectivity index (χ0n) is 23.0. The Balaban J connectivity index is 1.68. The van der Waals surface area contributed by atoms with Gasteiger partial charge in [-0.25, -0.2) is 4.68 Å². The van der Waals surface area contributed by atoms with E-state index in [1.165, 1.54) is 11.3 Å². The predicted octanol–water partition coefficient (Wildman–Crippen LogP) is 4.63. The molecule has 0 aliphatic heterocycles. The minimum absolute atomic E-state index is 0.0429. The number of carbonyl (C=O) groups is 2. The van der Waals surface area contributed by atoms with Crippen molar-refractivity contribution in [3.63, 3.8) is 0 Å². The van der Waals surface area contributed by atoms with Gasteiger partial charge in [0.1, 0.15) is 18.1 Å². The van der Waals surface area contributed by atoms with Gasteiger partial charge in [0.2, 0.25) is 11.8 Å². The van der Waals surface area contributed by atoms with Crippen LogP contribution >= 0.6 is 11.3 Å². The summed E-state index contributed by atoms with van der Waals surface area (Å²) < 4.78 is 12.4. The van der Waals surface area contributed by atoms with Gasteiger partial charge in [0, 0.05) is 17.0 Å². The molecule has 0 bridgehead atoms. The lowest BCUT2D eigenvalue weighted by atomic mass is 10.0. The highest BCUT2D eigenvalue weighted by Crippen LogP contribution is 2.30. The number of thiophene rings is 1. The molecule has 2 heterocycles. The van der Waals surface area contributed by atoms with Crippen LogP contribution in [0.4, 0.5) is 0 Å². The van der Waals surface area contributed by atoms with Gasteiger partial charge in [-0.2, -0.15) is 0 Å². The normalized spacial score (nSPS) is 12.2. The molecule has 0 aliphatic rings. The molecule has 0 saturated heterocycles. The summed E-state index contributed by atoms with van der Waals surface area (Å²) in [4.78, 5) is 30.2. The van der Waals surface area contributed by atoms with E-state index in [0.29, 0.717) is 30.0 Å². The fraction of sp³-hybridized carbons (Fsp3) is 0.379. The van der Waals surface area contributed by atoms with E-state index in [-0.39, 0.29) is 18.4 Å². The Morgan fingerprint density at radius 1 is 1.08 bits per heavy atom. The summed E-state index contributed by atoms with van der Waals surface area (Å²) in [7, 11) is 3.18. The molecule has 1 unspecified atom stereocenters. The van der Waals surface area contributed by atoms with Gasteiger partial charge in [0.25, 0.3) is 0 Å². The van der Waals surface area contributed by atoms with Gasteiger partial charge in [0.15, 0.2) is 11.5 Å². The van der Waals surface area contributed by atoms with E-state index in [9.17, 15) is 9.59 Å². The van der Waals surface area contributed by atoms with Gasteiger partial charge in [-0.1, -0.05) is 36.4 Å². The molecule has 9 nitrogen and oxygen atoms in total. The Morgan fingerprint density at radius 3 is 2.54 bits per heavy atom. The third kappa shape index (κ3) is 6.57. The third-order valence-corrected chi connectivity index (χ3v) is 7.76. The second-order valence-electron chi connectivity index (χ2n) is 9.91. The number of hydrogen-bond donors (Lipinski definition) is 1. The molecule has 0 saturated carbocycles. The highest BCUT2D eigenvalue weighted by molar-refractivity contribution is 7.10. The van der Waals surface area contributed by atoms with E-state index in [0.717, 1.165) is 22.4 Å². The Morgan fingerprint density at radius 2 is 1.85 bits per heavy atom. The van der Waals surface area contributed by atoms with E-state index >= 15 is 0 Å². The first-order valence-corrected chi connectivity index (χ1v) is 13.8. The zero-order chi connectivity index (χ0) is 28.0. The first-order valence-electron chi connectivity index (χ1n) is 12.9. The number of methoxy groups -OCH3 is 2. The highest BCUT2D eigenvalue weighted by Gasteiger charge is 2.34. The minimum atomic E-state index is -0.793. The number of ether oxygens (including phenoxy) is 2. The van der Waals surface area contributed by atoms with E-state index in [1.807, 2.05) is 80.7 Å². The fourth-order valence-electron chi connectivity index (χ4n) is 4.30. The van der Waals surface area contributed by atoms with Gasteiger partial charge in [0.05, 0.1) is 19.7 Å². The van der Waals surface area contributed by atoms with Gasteiger partial charge in [-0.05, 0) is 68.0 Å². The second-order valence-corrected chi connectivity index (χ2v) is 10.9. The van der Waals surface area contributed by atoms with Crippen LogP contribution in [0.1, 0.15) is 43.7 Å². The molecule has 10 heteroatoms. The van der Waals surface area contributed by atoms with Crippen molar-refractivity contribution >= 4 is 34.2 Å². The summed E-state index contributed by atoms with van der Waals surface area (Å²) >= 11 is 1.46. The first kappa shape index (κ1) is 28.1. The van der Waals surface area contributed by atoms with Gasteiger partial charge < -0.3 is 19.7 Å². The SMILES string of the molecule is CCC(C)(C)NC(=O)C(c1cccs1)N(CCc1ccc(OC)c(OC)c1)C(=O)Cn1nnc2ccccc21. The molecule has 0 fully saturated rings. The van der Waals surface area contributed by atoms with Crippen LogP contribution in [0.15, 0.2) is 60.0 Å². The number of para-hydroxylation sites is 1. The summed E-state index contributed by atoms with van der Waals surface area (Å²) in [5.41, 5.74) is 2.00. The van der Waals surface area contributed by atoms with Crippen LogP contribution in [0.25, 0.3) is 11.0 Å². The first-order chi connectivity index (χ1) is 18.8. The van der Waals surface area contributed by atoms with E-state index in [4.69, 9.17) is 9.47 Å².